The van der Waals surface area contributed by atoms with Crippen LogP contribution in [0.1, 0.15) is 19.8 Å². The van der Waals surface area contributed by atoms with Crippen molar-refractivity contribution in [2.75, 3.05) is 5.75 Å². The molecule has 0 unspecified atom stereocenters. The molecule has 0 aliphatic heterocycles. The second-order valence-electron chi connectivity index (χ2n) is 6.74. The van der Waals surface area contributed by atoms with Crippen LogP contribution in [0.2, 0.25) is 0 Å². The Morgan fingerprint density at radius 3 is 2.61 bits per heavy atom. The van der Waals surface area contributed by atoms with E-state index in [-0.39, 0.29) is 17.4 Å². The first-order valence-corrected chi connectivity index (χ1v) is 10.2. The number of imide groups is 1. The molecule has 1 fully saturated rings. The average Bonchev–Trinajstić information content (AvgIpc) is 3.49. The molecule has 3 amide bonds. The number of amides is 3. The number of carbonyl (C=O) groups is 2. The molecule has 1 saturated carbocycles. The van der Waals surface area contributed by atoms with E-state index in [4.69, 9.17) is 0 Å². The number of benzene rings is 2. The van der Waals surface area contributed by atoms with Gasteiger partial charge in [-0.25, -0.2) is 9.78 Å². The highest BCUT2D eigenvalue weighted by atomic mass is 32.2. The first kappa shape index (κ1) is 18.5. The summed E-state index contributed by atoms with van der Waals surface area (Å²) in [6.45, 7) is 2.31. The fourth-order valence-electron chi connectivity index (χ4n) is 3.02. The monoisotopic (exact) mass is 396 g/mol. The SMILES string of the molecule is CCn1c(SCC(=O)NC(=O)NC2CC2)nc2cc3ccccc3cc2c1=O. The molecule has 1 aliphatic rings. The van der Waals surface area contributed by atoms with Gasteiger partial charge in [0.1, 0.15) is 0 Å². The Bertz CT molecular complexity index is 1140. The average molecular weight is 396 g/mol. The maximum Gasteiger partial charge on any atom is 0.321 e. The highest BCUT2D eigenvalue weighted by Crippen LogP contribution is 2.23. The first-order valence-electron chi connectivity index (χ1n) is 9.21. The number of hydrogen-bond acceptors (Lipinski definition) is 5. The van der Waals surface area contributed by atoms with Crippen molar-refractivity contribution in [3.05, 3.63) is 46.8 Å². The third-order valence-corrected chi connectivity index (χ3v) is 5.58. The molecule has 28 heavy (non-hydrogen) atoms. The van der Waals surface area contributed by atoms with E-state index >= 15 is 0 Å². The number of rotatable bonds is 5. The standard InChI is InChI=1S/C20H20N4O3S/c1-2-24-18(26)15-9-12-5-3-4-6-13(12)10-16(15)22-20(24)28-11-17(25)23-19(27)21-14-7-8-14/h3-6,9-10,14H,2,7-8,11H2,1H3,(H2,21,23,25,27). The minimum Gasteiger partial charge on any atom is -0.335 e. The van der Waals surface area contributed by atoms with Crippen LogP contribution in [0.3, 0.4) is 0 Å². The Morgan fingerprint density at radius 1 is 1.21 bits per heavy atom. The molecule has 1 aromatic heterocycles. The van der Waals surface area contributed by atoms with Gasteiger partial charge in [-0.1, -0.05) is 36.0 Å². The second-order valence-corrected chi connectivity index (χ2v) is 7.69. The Morgan fingerprint density at radius 2 is 1.93 bits per heavy atom. The molecule has 8 heteroatoms. The lowest BCUT2D eigenvalue weighted by atomic mass is 10.1. The summed E-state index contributed by atoms with van der Waals surface area (Å²) in [7, 11) is 0. The number of nitrogens with one attached hydrogen (secondary N) is 2. The van der Waals surface area contributed by atoms with Crippen LogP contribution in [-0.2, 0) is 11.3 Å². The van der Waals surface area contributed by atoms with Crippen LogP contribution in [-0.4, -0.2) is 33.3 Å². The van der Waals surface area contributed by atoms with Crippen LogP contribution in [0, 0.1) is 0 Å². The van der Waals surface area contributed by atoms with Gasteiger partial charge in [-0.05, 0) is 42.7 Å². The van der Waals surface area contributed by atoms with Gasteiger partial charge < -0.3 is 5.32 Å². The number of nitrogens with zero attached hydrogens (tertiary/aromatic N) is 2. The number of aromatic nitrogens is 2. The zero-order chi connectivity index (χ0) is 19.7. The zero-order valence-corrected chi connectivity index (χ0v) is 16.2. The van der Waals surface area contributed by atoms with E-state index < -0.39 is 11.9 Å². The van der Waals surface area contributed by atoms with Crippen molar-refractivity contribution in [2.45, 2.75) is 37.5 Å². The van der Waals surface area contributed by atoms with Gasteiger partial charge in [-0.15, -0.1) is 0 Å². The van der Waals surface area contributed by atoms with Gasteiger partial charge in [0.25, 0.3) is 5.56 Å². The van der Waals surface area contributed by atoms with E-state index in [1.54, 1.807) is 4.57 Å². The third kappa shape index (κ3) is 3.87. The van der Waals surface area contributed by atoms with E-state index in [0.717, 1.165) is 35.4 Å². The molecule has 0 radical (unpaired) electrons. The second kappa shape index (κ2) is 7.63. The minimum atomic E-state index is -0.473. The number of hydrogen-bond donors (Lipinski definition) is 2. The smallest absolute Gasteiger partial charge is 0.321 e. The molecule has 4 rings (SSSR count). The van der Waals surface area contributed by atoms with Gasteiger partial charge in [0.2, 0.25) is 5.91 Å². The van der Waals surface area contributed by atoms with Gasteiger partial charge in [0.05, 0.1) is 16.7 Å². The molecular weight excluding hydrogens is 376 g/mol. The molecule has 3 aromatic rings. The van der Waals surface area contributed by atoms with Crippen molar-refractivity contribution < 1.29 is 9.59 Å². The van der Waals surface area contributed by atoms with Crippen LogP contribution < -0.4 is 16.2 Å². The summed E-state index contributed by atoms with van der Waals surface area (Å²) >= 11 is 1.15. The van der Waals surface area contributed by atoms with Crippen molar-refractivity contribution in [1.82, 2.24) is 20.2 Å². The highest BCUT2D eigenvalue weighted by Gasteiger charge is 2.24. The van der Waals surface area contributed by atoms with Crippen molar-refractivity contribution in [1.29, 1.82) is 0 Å². The molecule has 7 nitrogen and oxygen atoms in total. The zero-order valence-electron chi connectivity index (χ0n) is 15.4. The molecule has 0 spiro atoms. The minimum absolute atomic E-state index is 0.00359. The van der Waals surface area contributed by atoms with Crippen molar-refractivity contribution >= 4 is 45.4 Å². The topological polar surface area (TPSA) is 93.1 Å². The van der Waals surface area contributed by atoms with Gasteiger partial charge in [-0.3, -0.25) is 19.5 Å². The van der Waals surface area contributed by atoms with Gasteiger partial charge >= 0.3 is 6.03 Å². The summed E-state index contributed by atoms with van der Waals surface area (Å²) in [6, 6.07) is 11.3. The predicted octanol–water partition coefficient (Wildman–Crippen LogP) is 2.65. The van der Waals surface area contributed by atoms with Crippen LogP contribution in [0.25, 0.3) is 21.7 Å². The van der Waals surface area contributed by atoms with Crippen LogP contribution in [0.5, 0.6) is 0 Å². The molecule has 0 saturated heterocycles. The lowest BCUT2D eigenvalue weighted by Crippen LogP contribution is -2.41. The number of thioether (sulfide) groups is 1. The van der Waals surface area contributed by atoms with E-state index in [1.165, 1.54) is 0 Å². The summed E-state index contributed by atoms with van der Waals surface area (Å²) in [4.78, 5) is 41.2. The summed E-state index contributed by atoms with van der Waals surface area (Å²) < 4.78 is 1.55. The first-order chi connectivity index (χ1) is 13.5. The lowest BCUT2D eigenvalue weighted by molar-refractivity contribution is -0.117. The highest BCUT2D eigenvalue weighted by molar-refractivity contribution is 7.99. The van der Waals surface area contributed by atoms with Gasteiger partial charge in [0.15, 0.2) is 5.16 Å². The van der Waals surface area contributed by atoms with Gasteiger partial charge in [-0.2, -0.15) is 0 Å². The van der Waals surface area contributed by atoms with Crippen molar-refractivity contribution in [3.63, 3.8) is 0 Å². The maximum absolute atomic E-state index is 12.9. The number of carbonyl (C=O) groups excluding carboxylic acids is 2. The summed E-state index contributed by atoms with van der Waals surface area (Å²) in [6.07, 6.45) is 1.91. The largest absolute Gasteiger partial charge is 0.335 e. The predicted molar refractivity (Wildman–Crippen MR) is 110 cm³/mol. The number of fused-ring (bicyclic) bond motifs is 2. The Hall–Kier alpha value is -2.87. The molecule has 0 atom stereocenters. The molecule has 2 N–H and O–H groups in total. The Labute approximate surface area is 165 Å². The van der Waals surface area contributed by atoms with Crippen LogP contribution >= 0.6 is 11.8 Å². The van der Waals surface area contributed by atoms with Crippen molar-refractivity contribution in [3.8, 4) is 0 Å². The number of urea groups is 1. The molecule has 1 aliphatic carbocycles. The lowest BCUT2D eigenvalue weighted by Gasteiger charge is -2.12. The summed E-state index contributed by atoms with van der Waals surface area (Å²) in [5.74, 6) is -0.414. The van der Waals surface area contributed by atoms with E-state index in [0.29, 0.717) is 22.6 Å². The molecule has 144 valence electrons. The fraction of sp³-hybridized carbons (Fsp3) is 0.300. The quantitative estimate of drug-likeness (QED) is 0.393. The Balaban J connectivity index is 1.58. The third-order valence-electron chi connectivity index (χ3n) is 4.60. The van der Waals surface area contributed by atoms with E-state index in [9.17, 15) is 14.4 Å². The van der Waals surface area contributed by atoms with Crippen LogP contribution in [0.15, 0.2) is 46.3 Å². The summed E-state index contributed by atoms with van der Waals surface area (Å²) in [5.41, 5.74) is 0.468. The van der Waals surface area contributed by atoms with Crippen LogP contribution in [0.4, 0.5) is 4.79 Å². The normalized spacial score (nSPS) is 13.6. The maximum atomic E-state index is 12.9. The summed E-state index contributed by atoms with van der Waals surface area (Å²) in [5, 5.41) is 8.02. The van der Waals surface area contributed by atoms with E-state index in [1.807, 2.05) is 43.3 Å². The van der Waals surface area contributed by atoms with Gasteiger partial charge in [0, 0.05) is 12.6 Å². The molecule has 0 bridgehead atoms. The fourth-order valence-corrected chi connectivity index (χ4v) is 3.88. The van der Waals surface area contributed by atoms with Crippen molar-refractivity contribution in [2.24, 2.45) is 0 Å². The Kier molecular flexibility index (Phi) is 5.04. The molecular formula is C20H20N4O3S. The molecule has 2 aromatic carbocycles. The molecule has 1 heterocycles. The van der Waals surface area contributed by atoms with E-state index in [2.05, 4.69) is 15.6 Å².